The summed E-state index contributed by atoms with van der Waals surface area (Å²) in [6.45, 7) is 2.73. The first-order valence-electron chi connectivity index (χ1n) is 8.56. The molecule has 0 spiro atoms. The molecule has 0 radical (unpaired) electrons. The predicted octanol–water partition coefficient (Wildman–Crippen LogP) is 3.98. The summed E-state index contributed by atoms with van der Waals surface area (Å²) in [4.78, 5) is 18.0. The van der Waals surface area contributed by atoms with Gasteiger partial charge in [0.1, 0.15) is 10.8 Å². The van der Waals surface area contributed by atoms with E-state index < -0.39 is 0 Å². The maximum Gasteiger partial charge on any atom is 0.223 e. The molecule has 3 rings (SSSR count). The Labute approximate surface area is 147 Å². The molecule has 4 nitrogen and oxygen atoms in total. The van der Waals surface area contributed by atoms with Gasteiger partial charge in [-0.1, -0.05) is 12.8 Å². The highest BCUT2D eigenvalue weighted by atomic mass is 32.1. The normalized spacial score (nSPS) is 14.8. The fourth-order valence-electron chi connectivity index (χ4n) is 3.15. The van der Waals surface area contributed by atoms with Crippen LogP contribution in [0.3, 0.4) is 0 Å². The van der Waals surface area contributed by atoms with Gasteiger partial charge >= 0.3 is 0 Å². The number of benzene rings is 1. The molecule has 1 amide bonds. The van der Waals surface area contributed by atoms with Crippen LogP contribution in [-0.2, 0) is 11.2 Å². The van der Waals surface area contributed by atoms with Gasteiger partial charge in [-0.15, -0.1) is 11.3 Å². The van der Waals surface area contributed by atoms with E-state index in [9.17, 15) is 4.79 Å². The molecule has 1 aromatic carbocycles. The molecule has 1 aliphatic rings. The number of aromatic nitrogens is 1. The van der Waals surface area contributed by atoms with Crippen LogP contribution in [-0.4, -0.2) is 24.5 Å². The zero-order valence-corrected chi connectivity index (χ0v) is 15.1. The summed E-state index contributed by atoms with van der Waals surface area (Å²) in [6, 6.07) is 7.96. The minimum Gasteiger partial charge on any atom is -0.497 e. The van der Waals surface area contributed by atoms with Crippen molar-refractivity contribution in [3.8, 4) is 16.3 Å². The van der Waals surface area contributed by atoms with Gasteiger partial charge in [0.2, 0.25) is 5.91 Å². The second kappa shape index (κ2) is 7.79. The van der Waals surface area contributed by atoms with Crippen LogP contribution in [0.15, 0.2) is 24.3 Å². The van der Waals surface area contributed by atoms with Crippen molar-refractivity contribution >= 4 is 17.2 Å². The minimum atomic E-state index is 0.227. The van der Waals surface area contributed by atoms with Gasteiger partial charge in [-0.3, -0.25) is 4.79 Å². The van der Waals surface area contributed by atoms with Crippen LogP contribution in [0, 0.1) is 12.8 Å². The maximum absolute atomic E-state index is 12.1. The fourth-order valence-corrected chi connectivity index (χ4v) is 4.22. The first-order chi connectivity index (χ1) is 11.7. The number of rotatable bonds is 6. The lowest BCUT2D eigenvalue weighted by molar-refractivity contribution is -0.124. The topological polar surface area (TPSA) is 51.2 Å². The molecule has 1 saturated carbocycles. The Balaban J connectivity index is 1.58. The van der Waals surface area contributed by atoms with Gasteiger partial charge in [0.25, 0.3) is 0 Å². The quantitative estimate of drug-likeness (QED) is 0.862. The number of carbonyl (C=O) groups is 1. The average molecular weight is 344 g/mol. The van der Waals surface area contributed by atoms with Crippen LogP contribution in [0.25, 0.3) is 10.6 Å². The van der Waals surface area contributed by atoms with Crippen molar-refractivity contribution < 1.29 is 9.53 Å². The van der Waals surface area contributed by atoms with E-state index in [-0.39, 0.29) is 11.8 Å². The Morgan fingerprint density at radius 2 is 2.00 bits per heavy atom. The lowest BCUT2D eigenvalue weighted by Gasteiger charge is -2.09. The van der Waals surface area contributed by atoms with Crippen molar-refractivity contribution in [2.24, 2.45) is 5.92 Å². The van der Waals surface area contributed by atoms with E-state index in [0.29, 0.717) is 6.54 Å². The van der Waals surface area contributed by atoms with E-state index >= 15 is 0 Å². The van der Waals surface area contributed by atoms with Crippen molar-refractivity contribution in [3.63, 3.8) is 0 Å². The van der Waals surface area contributed by atoms with Crippen LogP contribution in [0.1, 0.15) is 36.3 Å². The zero-order chi connectivity index (χ0) is 16.9. The van der Waals surface area contributed by atoms with E-state index in [1.54, 1.807) is 18.4 Å². The smallest absolute Gasteiger partial charge is 0.223 e. The largest absolute Gasteiger partial charge is 0.497 e. The Bertz CT molecular complexity index is 688. The second-order valence-corrected chi connectivity index (χ2v) is 7.36. The molecule has 24 heavy (non-hydrogen) atoms. The summed E-state index contributed by atoms with van der Waals surface area (Å²) < 4.78 is 5.19. The average Bonchev–Trinajstić information content (AvgIpc) is 3.25. The molecular weight excluding hydrogens is 320 g/mol. The molecular formula is C19H24N2O2S. The molecule has 1 aliphatic carbocycles. The van der Waals surface area contributed by atoms with Crippen molar-refractivity contribution in [1.29, 1.82) is 0 Å². The summed E-state index contributed by atoms with van der Waals surface area (Å²) >= 11 is 1.71. The number of nitrogens with one attached hydrogen (secondary N) is 1. The van der Waals surface area contributed by atoms with Gasteiger partial charge in [0.05, 0.1) is 12.8 Å². The van der Waals surface area contributed by atoms with E-state index in [0.717, 1.165) is 41.3 Å². The number of nitrogens with zero attached hydrogens (tertiary/aromatic N) is 1. The highest BCUT2D eigenvalue weighted by molar-refractivity contribution is 7.15. The van der Waals surface area contributed by atoms with E-state index in [4.69, 9.17) is 4.74 Å². The van der Waals surface area contributed by atoms with Gasteiger partial charge in [-0.25, -0.2) is 4.98 Å². The van der Waals surface area contributed by atoms with Crippen molar-refractivity contribution in [3.05, 3.63) is 34.8 Å². The van der Waals surface area contributed by atoms with Crippen molar-refractivity contribution in [2.45, 2.75) is 39.0 Å². The van der Waals surface area contributed by atoms with E-state index in [1.807, 2.05) is 31.2 Å². The summed E-state index contributed by atoms with van der Waals surface area (Å²) in [6.07, 6.45) is 5.33. The first-order valence-corrected chi connectivity index (χ1v) is 9.37. The number of amides is 1. The third-order valence-electron chi connectivity index (χ3n) is 4.61. The summed E-state index contributed by atoms with van der Waals surface area (Å²) in [7, 11) is 1.67. The minimum absolute atomic E-state index is 0.227. The molecule has 1 fully saturated rings. The number of hydrogen-bond donors (Lipinski definition) is 1. The highest BCUT2D eigenvalue weighted by Crippen LogP contribution is 2.29. The Morgan fingerprint density at radius 1 is 1.29 bits per heavy atom. The van der Waals surface area contributed by atoms with Crippen LogP contribution < -0.4 is 10.1 Å². The van der Waals surface area contributed by atoms with Crippen LogP contribution in [0.4, 0.5) is 0 Å². The third kappa shape index (κ3) is 3.96. The number of thiazole rings is 1. The standard InChI is InChI=1S/C19H24N2O2S/c1-13-17(11-12-20-18(22)14-5-3-4-6-14)24-19(21-13)15-7-9-16(23-2)10-8-15/h7-10,14H,3-6,11-12H2,1-2H3,(H,20,22). The molecule has 0 unspecified atom stereocenters. The predicted molar refractivity (Wildman–Crippen MR) is 97.5 cm³/mol. The fraction of sp³-hybridized carbons (Fsp3) is 0.474. The third-order valence-corrected chi connectivity index (χ3v) is 5.87. The van der Waals surface area contributed by atoms with Gasteiger partial charge in [-0.2, -0.15) is 0 Å². The highest BCUT2D eigenvalue weighted by Gasteiger charge is 2.22. The number of ether oxygens (including phenoxy) is 1. The molecule has 0 aliphatic heterocycles. The SMILES string of the molecule is COc1ccc(-c2nc(C)c(CCNC(=O)C3CCCC3)s2)cc1. The second-order valence-electron chi connectivity index (χ2n) is 6.28. The monoisotopic (exact) mass is 344 g/mol. The molecule has 1 N–H and O–H groups in total. The van der Waals surface area contributed by atoms with E-state index in [1.165, 1.54) is 17.7 Å². The van der Waals surface area contributed by atoms with Crippen LogP contribution in [0.5, 0.6) is 5.75 Å². The molecule has 0 saturated heterocycles. The number of methoxy groups -OCH3 is 1. The summed E-state index contributed by atoms with van der Waals surface area (Å²) in [5, 5.41) is 4.11. The first kappa shape index (κ1) is 17.0. The number of aryl methyl sites for hydroxylation is 1. The molecule has 2 aromatic rings. The summed E-state index contributed by atoms with van der Waals surface area (Å²) in [5.41, 5.74) is 2.16. The van der Waals surface area contributed by atoms with Gasteiger partial charge in [0.15, 0.2) is 0 Å². The lowest BCUT2D eigenvalue weighted by Crippen LogP contribution is -2.30. The van der Waals surface area contributed by atoms with Crippen molar-refractivity contribution in [1.82, 2.24) is 10.3 Å². The zero-order valence-electron chi connectivity index (χ0n) is 14.3. The molecule has 1 aromatic heterocycles. The number of carbonyl (C=O) groups excluding carboxylic acids is 1. The van der Waals surface area contributed by atoms with Gasteiger partial charge in [-0.05, 0) is 44.0 Å². The Hall–Kier alpha value is -1.88. The number of hydrogen-bond acceptors (Lipinski definition) is 4. The van der Waals surface area contributed by atoms with Crippen molar-refractivity contribution in [2.75, 3.05) is 13.7 Å². The maximum atomic E-state index is 12.1. The molecule has 128 valence electrons. The van der Waals surface area contributed by atoms with Crippen LogP contribution >= 0.6 is 11.3 Å². The molecule has 0 atom stereocenters. The molecule has 5 heteroatoms. The van der Waals surface area contributed by atoms with E-state index in [2.05, 4.69) is 10.3 Å². The Kier molecular flexibility index (Phi) is 5.51. The molecule has 1 heterocycles. The van der Waals surface area contributed by atoms with Gasteiger partial charge < -0.3 is 10.1 Å². The van der Waals surface area contributed by atoms with Gasteiger partial charge in [0, 0.05) is 29.3 Å². The molecule has 0 bridgehead atoms. The Morgan fingerprint density at radius 3 is 2.67 bits per heavy atom. The van der Waals surface area contributed by atoms with Crippen LogP contribution in [0.2, 0.25) is 0 Å². The lowest BCUT2D eigenvalue weighted by atomic mass is 10.1. The summed E-state index contributed by atoms with van der Waals surface area (Å²) in [5.74, 6) is 1.31.